The zero-order valence-electron chi connectivity index (χ0n) is 15.4. The van der Waals surface area contributed by atoms with Crippen molar-refractivity contribution in [1.29, 1.82) is 0 Å². The van der Waals surface area contributed by atoms with Crippen molar-refractivity contribution in [2.45, 2.75) is 11.4 Å². The lowest BCUT2D eigenvalue weighted by Gasteiger charge is -2.21. The van der Waals surface area contributed by atoms with Crippen molar-refractivity contribution in [1.82, 2.24) is 13.9 Å². The first kappa shape index (κ1) is 18.9. The van der Waals surface area contributed by atoms with Crippen LogP contribution in [0.2, 0.25) is 0 Å². The third kappa shape index (κ3) is 3.42. The number of para-hydroxylation sites is 2. The number of ether oxygens (including phenoxy) is 2. The van der Waals surface area contributed by atoms with Crippen molar-refractivity contribution < 1.29 is 22.7 Å². The third-order valence-electron chi connectivity index (χ3n) is 4.57. The van der Waals surface area contributed by atoms with E-state index in [1.54, 1.807) is 24.3 Å². The van der Waals surface area contributed by atoms with E-state index < -0.39 is 28.0 Å². The average molecular weight is 415 g/mol. The van der Waals surface area contributed by atoms with Crippen LogP contribution in [0.25, 0.3) is 11.0 Å². The van der Waals surface area contributed by atoms with Crippen LogP contribution in [0.3, 0.4) is 0 Å². The number of aromatic nitrogens is 2. The van der Waals surface area contributed by atoms with Crippen molar-refractivity contribution in [2.24, 2.45) is 0 Å². The number of likely N-dealkylation sites (N-methyl/N-ethyl adjacent to an activating group) is 1. The van der Waals surface area contributed by atoms with Gasteiger partial charge in [0, 0.05) is 13.1 Å². The zero-order chi connectivity index (χ0) is 20.6. The molecule has 0 unspecified atom stereocenters. The number of hydrogen-bond acceptors (Lipinski definition) is 7. The van der Waals surface area contributed by atoms with Gasteiger partial charge in [-0.1, -0.05) is 12.1 Å². The standard InChI is InChI=1S/C19H17N3O6S/c1-21(29(25,26)13-6-7-16-17(10-13)28-9-8-27-16)19(24)12-22-15-5-3-2-4-14(15)20-11-18(22)23/h2-7,10-11H,8-9,12H2,1H3. The van der Waals surface area contributed by atoms with Crippen LogP contribution in [0.1, 0.15) is 0 Å². The van der Waals surface area contributed by atoms with E-state index in [-0.39, 0.29) is 4.90 Å². The van der Waals surface area contributed by atoms with Crippen LogP contribution >= 0.6 is 0 Å². The molecule has 10 heteroatoms. The van der Waals surface area contributed by atoms with Crippen molar-refractivity contribution >= 4 is 27.0 Å². The van der Waals surface area contributed by atoms with E-state index in [1.165, 1.54) is 22.8 Å². The molecule has 1 aromatic heterocycles. The minimum atomic E-state index is -4.14. The molecule has 1 aliphatic heterocycles. The zero-order valence-corrected chi connectivity index (χ0v) is 16.3. The van der Waals surface area contributed by atoms with Crippen LogP contribution in [0.4, 0.5) is 0 Å². The third-order valence-corrected chi connectivity index (χ3v) is 6.34. The number of fused-ring (bicyclic) bond motifs is 2. The molecule has 0 N–H and O–H groups in total. The first-order valence-corrected chi connectivity index (χ1v) is 10.2. The second-order valence-corrected chi connectivity index (χ2v) is 8.31. The van der Waals surface area contributed by atoms with E-state index in [4.69, 9.17) is 9.47 Å². The molecule has 0 fully saturated rings. The largest absolute Gasteiger partial charge is 0.486 e. The molecule has 1 aliphatic rings. The van der Waals surface area contributed by atoms with Gasteiger partial charge in [-0.25, -0.2) is 17.7 Å². The minimum Gasteiger partial charge on any atom is -0.486 e. The molecule has 150 valence electrons. The number of carbonyl (C=O) groups excluding carboxylic acids is 1. The number of rotatable bonds is 4. The van der Waals surface area contributed by atoms with Crippen molar-refractivity contribution in [3.05, 3.63) is 59.0 Å². The lowest BCUT2D eigenvalue weighted by atomic mass is 10.3. The van der Waals surface area contributed by atoms with Crippen molar-refractivity contribution in [3.8, 4) is 11.5 Å². The van der Waals surface area contributed by atoms with Crippen LogP contribution in [-0.4, -0.2) is 48.4 Å². The highest BCUT2D eigenvalue weighted by Gasteiger charge is 2.28. The maximum absolute atomic E-state index is 12.9. The molecule has 0 spiro atoms. The Morgan fingerprint density at radius 1 is 1.14 bits per heavy atom. The fourth-order valence-corrected chi connectivity index (χ4v) is 4.13. The van der Waals surface area contributed by atoms with Gasteiger partial charge in [0.2, 0.25) is 0 Å². The summed E-state index contributed by atoms with van der Waals surface area (Å²) in [6.07, 6.45) is 1.10. The van der Waals surface area contributed by atoms with Crippen LogP contribution < -0.4 is 15.0 Å². The molecular weight excluding hydrogens is 398 g/mol. The SMILES string of the molecule is CN(C(=O)Cn1c(=O)cnc2ccccc21)S(=O)(=O)c1ccc2c(c1)OCCO2. The Bertz CT molecular complexity index is 1270. The maximum Gasteiger partial charge on any atom is 0.269 e. The summed E-state index contributed by atoms with van der Waals surface area (Å²) in [7, 11) is -2.99. The summed E-state index contributed by atoms with van der Waals surface area (Å²) in [5.41, 5.74) is 0.470. The number of benzene rings is 2. The summed E-state index contributed by atoms with van der Waals surface area (Å²) in [5.74, 6) is -0.0214. The Kier molecular flexibility index (Phi) is 4.71. The predicted octanol–water partition coefficient (Wildman–Crippen LogP) is 1.01. The molecule has 0 saturated heterocycles. The predicted molar refractivity (Wildman–Crippen MR) is 103 cm³/mol. The van der Waals surface area contributed by atoms with Gasteiger partial charge in [0.05, 0.1) is 22.1 Å². The highest BCUT2D eigenvalue weighted by Crippen LogP contribution is 2.33. The van der Waals surface area contributed by atoms with E-state index in [1.807, 2.05) is 0 Å². The average Bonchev–Trinajstić information content (AvgIpc) is 2.74. The lowest BCUT2D eigenvalue weighted by molar-refractivity contribution is -0.126. The van der Waals surface area contributed by atoms with E-state index >= 15 is 0 Å². The smallest absolute Gasteiger partial charge is 0.269 e. The summed E-state index contributed by atoms with van der Waals surface area (Å²) in [6.45, 7) is 0.248. The molecule has 2 heterocycles. The topological polar surface area (TPSA) is 108 Å². The number of carbonyl (C=O) groups is 1. The summed E-state index contributed by atoms with van der Waals surface area (Å²) in [6, 6.07) is 11.0. The van der Waals surface area contributed by atoms with Gasteiger partial charge in [-0.05, 0) is 24.3 Å². The molecule has 1 amide bonds. The van der Waals surface area contributed by atoms with Gasteiger partial charge in [0.1, 0.15) is 19.8 Å². The van der Waals surface area contributed by atoms with Gasteiger partial charge in [0.25, 0.3) is 21.5 Å². The second kappa shape index (κ2) is 7.21. The highest BCUT2D eigenvalue weighted by molar-refractivity contribution is 7.89. The Balaban J connectivity index is 1.64. The van der Waals surface area contributed by atoms with Crippen LogP contribution in [0, 0.1) is 0 Å². The Morgan fingerprint density at radius 3 is 2.66 bits per heavy atom. The van der Waals surface area contributed by atoms with E-state index in [9.17, 15) is 18.0 Å². The number of sulfonamides is 1. The first-order valence-electron chi connectivity index (χ1n) is 8.74. The molecule has 0 radical (unpaired) electrons. The highest BCUT2D eigenvalue weighted by atomic mass is 32.2. The van der Waals surface area contributed by atoms with Gasteiger partial charge in [-0.3, -0.25) is 14.2 Å². The second-order valence-electron chi connectivity index (χ2n) is 6.34. The van der Waals surface area contributed by atoms with Crippen molar-refractivity contribution in [2.75, 3.05) is 20.3 Å². The maximum atomic E-state index is 12.9. The molecule has 0 saturated carbocycles. The minimum absolute atomic E-state index is 0.107. The first-order chi connectivity index (χ1) is 13.9. The van der Waals surface area contributed by atoms with Crippen molar-refractivity contribution in [3.63, 3.8) is 0 Å². The van der Waals surface area contributed by atoms with Crippen LogP contribution in [0.15, 0.2) is 58.4 Å². The number of amides is 1. The molecule has 0 aliphatic carbocycles. The van der Waals surface area contributed by atoms with Crippen LogP contribution in [0.5, 0.6) is 11.5 Å². The Hall–Kier alpha value is -3.40. The van der Waals surface area contributed by atoms with Gasteiger partial charge >= 0.3 is 0 Å². The van der Waals surface area contributed by atoms with Crippen LogP contribution in [-0.2, 0) is 21.4 Å². The number of hydrogen-bond donors (Lipinski definition) is 0. The van der Waals surface area contributed by atoms with E-state index in [0.29, 0.717) is 40.1 Å². The van der Waals surface area contributed by atoms with Gasteiger partial charge in [-0.15, -0.1) is 0 Å². The molecule has 0 bridgehead atoms. The van der Waals surface area contributed by atoms with E-state index in [0.717, 1.165) is 13.2 Å². The fourth-order valence-electron chi connectivity index (χ4n) is 2.99. The quantitative estimate of drug-likeness (QED) is 0.626. The number of nitrogens with zero attached hydrogens (tertiary/aromatic N) is 3. The Labute approximate surface area is 166 Å². The molecule has 3 aromatic rings. The fraction of sp³-hybridized carbons (Fsp3) is 0.211. The summed E-state index contributed by atoms with van der Waals surface area (Å²) >= 11 is 0. The monoisotopic (exact) mass is 415 g/mol. The van der Waals surface area contributed by atoms with Gasteiger partial charge in [0.15, 0.2) is 11.5 Å². The summed E-state index contributed by atoms with van der Waals surface area (Å²) in [4.78, 5) is 28.9. The normalized spacial score (nSPS) is 13.3. The summed E-state index contributed by atoms with van der Waals surface area (Å²) < 4.78 is 38.4. The van der Waals surface area contributed by atoms with Gasteiger partial charge in [-0.2, -0.15) is 0 Å². The molecule has 9 nitrogen and oxygen atoms in total. The lowest BCUT2D eigenvalue weighted by Crippen LogP contribution is -2.38. The molecule has 4 rings (SSSR count). The Morgan fingerprint density at radius 2 is 1.86 bits per heavy atom. The van der Waals surface area contributed by atoms with E-state index in [2.05, 4.69) is 4.98 Å². The van der Waals surface area contributed by atoms with Gasteiger partial charge < -0.3 is 9.47 Å². The molecular formula is C19H17N3O6S. The summed E-state index contributed by atoms with van der Waals surface area (Å²) in [5, 5.41) is 0. The molecule has 2 aromatic carbocycles. The molecule has 29 heavy (non-hydrogen) atoms. The molecule has 0 atom stereocenters.